The Morgan fingerprint density at radius 1 is 1.33 bits per heavy atom. The van der Waals surface area contributed by atoms with Gasteiger partial charge in [0.15, 0.2) is 12.1 Å². The van der Waals surface area contributed by atoms with Gasteiger partial charge in [0.05, 0.1) is 17.1 Å². The molecule has 2 aliphatic rings. The van der Waals surface area contributed by atoms with E-state index in [9.17, 15) is 9.59 Å². The Hall–Kier alpha value is -2.19. The van der Waals surface area contributed by atoms with Gasteiger partial charge in [-0.25, -0.2) is 4.98 Å². The highest BCUT2D eigenvalue weighted by atomic mass is 32.1. The van der Waals surface area contributed by atoms with Crippen molar-refractivity contribution in [2.45, 2.75) is 44.8 Å². The number of thiophene rings is 1. The maximum Gasteiger partial charge on any atom is 0.275 e. The van der Waals surface area contributed by atoms with E-state index in [1.165, 1.54) is 17.5 Å². The molecule has 2 aliphatic heterocycles. The van der Waals surface area contributed by atoms with Gasteiger partial charge in [-0.2, -0.15) is 0 Å². The Balaban J connectivity index is 1.52. The lowest BCUT2D eigenvalue weighted by atomic mass is 9.82. The van der Waals surface area contributed by atoms with Gasteiger partial charge in [0, 0.05) is 30.4 Å². The van der Waals surface area contributed by atoms with E-state index < -0.39 is 5.60 Å². The van der Waals surface area contributed by atoms with E-state index in [1.807, 2.05) is 19.9 Å². The van der Waals surface area contributed by atoms with Crippen molar-refractivity contribution in [3.8, 4) is 0 Å². The molecule has 0 radical (unpaired) electrons. The first kappa shape index (κ1) is 18.2. The Morgan fingerprint density at radius 2 is 2.11 bits per heavy atom. The second-order valence-electron chi connectivity index (χ2n) is 7.33. The molecular formula is C19H23N3O4S. The first-order chi connectivity index (χ1) is 13.0. The zero-order valence-corrected chi connectivity index (χ0v) is 16.3. The summed E-state index contributed by atoms with van der Waals surface area (Å²) >= 11 is 1.56. The molecule has 0 saturated carbocycles. The molecule has 27 heavy (non-hydrogen) atoms. The zero-order chi connectivity index (χ0) is 19.0. The Bertz CT molecular complexity index is 835. The van der Waals surface area contributed by atoms with Crippen LogP contribution in [0.4, 0.5) is 0 Å². The van der Waals surface area contributed by atoms with Gasteiger partial charge in [0.25, 0.3) is 11.8 Å². The summed E-state index contributed by atoms with van der Waals surface area (Å²) in [6.07, 6.45) is 4.90. The third-order valence-corrected chi connectivity index (χ3v) is 6.35. The Kier molecular flexibility index (Phi) is 4.77. The minimum atomic E-state index is -0.402. The van der Waals surface area contributed by atoms with E-state index in [0.29, 0.717) is 38.2 Å². The molecule has 4 heterocycles. The third kappa shape index (κ3) is 3.39. The van der Waals surface area contributed by atoms with Gasteiger partial charge in [0.2, 0.25) is 0 Å². The first-order valence-corrected chi connectivity index (χ1v) is 10.1. The minimum Gasteiger partial charge on any atom is -0.451 e. The maximum atomic E-state index is 12.5. The van der Waals surface area contributed by atoms with Crippen LogP contribution in [0.3, 0.4) is 0 Å². The predicted molar refractivity (Wildman–Crippen MR) is 99.9 cm³/mol. The second kappa shape index (κ2) is 7.09. The minimum absolute atomic E-state index is 0.0294. The molecule has 7 nitrogen and oxygen atoms in total. The fourth-order valence-electron chi connectivity index (χ4n) is 3.83. The molecule has 1 N–H and O–H groups in total. The molecule has 0 bridgehead atoms. The van der Waals surface area contributed by atoms with Gasteiger partial charge < -0.3 is 19.4 Å². The van der Waals surface area contributed by atoms with Crippen LogP contribution in [-0.2, 0) is 16.8 Å². The van der Waals surface area contributed by atoms with Crippen molar-refractivity contribution >= 4 is 23.2 Å². The molecule has 4 rings (SSSR count). The number of hydrogen-bond acceptors (Lipinski definition) is 6. The highest BCUT2D eigenvalue weighted by Crippen LogP contribution is 2.44. The van der Waals surface area contributed by atoms with Gasteiger partial charge in [-0.3, -0.25) is 9.59 Å². The molecule has 0 atom stereocenters. The van der Waals surface area contributed by atoms with Crippen molar-refractivity contribution in [1.29, 1.82) is 0 Å². The molecule has 1 fully saturated rings. The molecule has 2 aromatic heterocycles. The van der Waals surface area contributed by atoms with Crippen LogP contribution in [0.5, 0.6) is 0 Å². The van der Waals surface area contributed by atoms with Gasteiger partial charge in [-0.15, -0.1) is 11.3 Å². The van der Waals surface area contributed by atoms with E-state index in [-0.39, 0.29) is 17.9 Å². The van der Waals surface area contributed by atoms with Crippen LogP contribution in [0.25, 0.3) is 0 Å². The highest BCUT2D eigenvalue weighted by Gasteiger charge is 2.43. The number of hydrogen-bond donors (Lipinski definition) is 1. The average Bonchev–Trinajstić information content (AvgIpc) is 3.32. The number of oxazole rings is 1. The zero-order valence-electron chi connectivity index (χ0n) is 15.5. The number of fused-ring (bicyclic) bond motifs is 2. The number of carbonyl (C=O) groups is 2. The van der Waals surface area contributed by atoms with E-state index in [2.05, 4.69) is 10.3 Å². The largest absolute Gasteiger partial charge is 0.451 e. The molecule has 8 heteroatoms. The number of likely N-dealkylation sites (tertiary alicyclic amines) is 1. The maximum absolute atomic E-state index is 12.5. The number of ether oxygens (including phenoxy) is 1. The third-order valence-electron chi connectivity index (χ3n) is 5.16. The van der Waals surface area contributed by atoms with Crippen molar-refractivity contribution < 1.29 is 18.7 Å². The first-order valence-electron chi connectivity index (χ1n) is 9.24. The lowest BCUT2D eigenvalue weighted by Gasteiger charge is -2.43. The van der Waals surface area contributed by atoms with E-state index in [1.54, 1.807) is 16.2 Å². The molecule has 2 aromatic rings. The summed E-state index contributed by atoms with van der Waals surface area (Å²) in [6.45, 7) is 5.74. The van der Waals surface area contributed by atoms with Gasteiger partial charge in [0.1, 0.15) is 6.26 Å². The number of piperidine rings is 1. The van der Waals surface area contributed by atoms with Crippen LogP contribution in [0.2, 0.25) is 0 Å². The van der Waals surface area contributed by atoms with Crippen molar-refractivity contribution in [2.24, 2.45) is 0 Å². The molecule has 1 spiro atoms. The van der Waals surface area contributed by atoms with Crippen LogP contribution >= 0.6 is 11.3 Å². The Morgan fingerprint density at radius 3 is 2.78 bits per heavy atom. The fourth-order valence-corrected chi connectivity index (χ4v) is 4.96. The number of carbonyl (C=O) groups excluding carboxylic acids is 2. The number of nitrogens with one attached hydrogen (secondary N) is 1. The quantitative estimate of drug-likeness (QED) is 0.872. The Labute approximate surface area is 161 Å². The van der Waals surface area contributed by atoms with Crippen LogP contribution in [0.15, 0.2) is 23.1 Å². The number of amides is 2. The smallest absolute Gasteiger partial charge is 0.275 e. The molecule has 1 saturated heterocycles. The summed E-state index contributed by atoms with van der Waals surface area (Å²) in [6, 6.07) is 2.10. The van der Waals surface area contributed by atoms with Crippen LogP contribution in [-0.4, -0.2) is 47.4 Å². The summed E-state index contributed by atoms with van der Waals surface area (Å²) < 4.78 is 11.1. The predicted octanol–water partition coefficient (Wildman–Crippen LogP) is 2.58. The molecular weight excluding hydrogens is 366 g/mol. The monoisotopic (exact) mass is 389 g/mol. The summed E-state index contributed by atoms with van der Waals surface area (Å²) in [4.78, 5) is 32.6. The van der Waals surface area contributed by atoms with Crippen molar-refractivity contribution in [3.63, 3.8) is 0 Å². The van der Waals surface area contributed by atoms with Crippen LogP contribution in [0.1, 0.15) is 57.3 Å². The normalized spacial score (nSPS) is 18.6. The lowest BCUT2D eigenvalue weighted by Crippen LogP contribution is -2.48. The van der Waals surface area contributed by atoms with Crippen molar-refractivity contribution in [1.82, 2.24) is 15.2 Å². The van der Waals surface area contributed by atoms with Crippen molar-refractivity contribution in [3.05, 3.63) is 39.7 Å². The van der Waals surface area contributed by atoms with Gasteiger partial charge >= 0.3 is 0 Å². The standard InChI is InChI=1S/C19H23N3O4S/c1-12(2)21-17(23)16-9-13-15(27-16)3-8-26-19(13)4-6-22(7-5-19)18(24)14-10-25-11-20-14/h9-12H,3-8H2,1-2H3,(H,21,23). The SMILES string of the molecule is CC(C)NC(=O)c1cc2c(s1)CCOC21CCN(C(=O)c2cocn2)CC1. The average molecular weight is 389 g/mol. The topological polar surface area (TPSA) is 84.7 Å². The van der Waals surface area contributed by atoms with E-state index >= 15 is 0 Å². The lowest BCUT2D eigenvalue weighted by molar-refractivity contribution is -0.0926. The summed E-state index contributed by atoms with van der Waals surface area (Å²) in [5.74, 6) is -0.143. The van der Waals surface area contributed by atoms with Crippen molar-refractivity contribution in [2.75, 3.05) is 19.7 Å². The molecule has 0 aliphatic carbocycles. The summed E-state index contributed by atoms with van der Waals surface area (Å²) in [5.41, 5.74) is 1.06. The molecule has 144 valence electrons. The van der Waals surface area contributed by atoms with E-state index in [4.69, 9.17) is 9.15 Å². The highest BCUT2D eigenvalue weighted by molar-refractivity contribution is 7.14. The van der Waals surface area contributed by atoms with Crippen LogP contribution < -0.4 is 5.32 Å². The van der Waals surface area contributed by atoms with Gasteiger partial charge in [-0.1, -0.05) is 0 Å². The number of rotatable bonds is 3. The molecule has 0 aromatic carbocycles. The fraction of sp³-hybridized carbons (Fsp3) is 0.526. The van der Waals surface area contributed by atoms with E-state index in [0.717, 1.165) is 16.9 Å². The second-order valence-corrected chi connectivity index (χ2v) is 8.47. The molecule has 2 amide bonds. The summed E-state index contributed by atoms with van der Waals surface area (Å²) in [5, 5.41) is 2.96. The number of nitrogens with zero attached hydrogens (tertiary/aromatic N) is 2. The van der Waals surface area contributed by atoms with Gasteiger partial charge in [-0.05, 0) is 38.3 Å². The van der Waals surface area contributed by atoms with Crippen LogP contribution in [0, 0.1) is 0 Å². The molecule has 0 unspecified atom stereocenters. The summed E-state index contributed by atoms with van der Waals surface area (Å²) in [7, 11) is 0. The number of aromatic nitrogens is 1.